The molecular formula is C15H30N4O. The number of nitrogens with two attached hydrogens (primary N) is 2. The number of carbonyl (C=O) groups excluding carboxylic acids is 1. The maximum atomic E-state index is 11.6. The first kappa shape index (κ1) is 15.7. The third kappa shape index (κ3) is 3.15. The lowest BCUT2D eigenvalue weighted by Crippen LogP contribution is -2.58. The SMILES string of the molecule is CCN(CC)C1CCN(C2CCCC(N)(C(N)=O)C2)C1. The van der Waals surface area contributed by atoms with Gasteiger partial charge in [-0.25, -0.2) is 0 Å². The van der Waals surface area contributed by atoms with E-state index in [1.807, 2.05) is 0 Å². The first-order valence-electron chi connectivity index (χ1n) is 8.07. The van der Waals surface area contributed by atoms with Gasteiger partial charge in [-0.05, 0) is 45.2 Å². The van der Waals surface area contributed by atoms with Gasteiger partial charge in [0.2, 0.25) is 5.91 Å². The van der Waals surface area contributed by atoms with Crippen LogP contribution in [0.25, 0.3) is 0 Å². The molecule has 2 aliphatic rings. The molecule has 0 radical (unpaired) electrons. The van der Waals surface area contributed by atoms with Crippen molar-refractivity contribution in [1.82, 2.24) is 9.80 Å². The minimum atomic E-state index is -0.782. The van der Waals surface area contributed by atoms with Crippen LogP contribution in [0.3, 0.4) is 0 Å². The first-order chi connectivity index (χ1) is 9.50. The van der Waals surface area contributed by atoms with Crippen molar-refractivity contribution in [3.8, 4) is 0 Å². The largest absolute Gasteiger partial charge is 0.368 e. The molecule has 1 saturated carbocycles. The van der Waals surface area contributed by atoms with E-state index in [4.69, 9.17) is 11.5 Å². The molecule has 3 atom stereocenters. The van der Waals surface area contributed by atoms with Crippen molar-refractivity contribution in [3.63, 3.8) is 0 Å². The number of likely N-dealkylation sites (N-methyl/N-ethyl adjacent to an activating group) is 1. The minimum absolute atomic E-state index is 0.332. The van der Waals surface area contributed by atoms with Gasteiger partial charge in [0.25, 0.3) is 0 Å². The minimum Gasteiger partial charge on any atom is -0.368 e. The number of hydrogen-bond acceptors (Lipinski definition) is 4. The summed E-state index contributed by atoms with van der Waals surface area (Å²) in [6, 6.07) is 1.09. The highest BCUT2D eigenvalue weighted by Crippen LogP contribution is 2.31. The van der Waals surface area contributed by atoms with Crippen LogP contribution < -0.4 is 11.5 Å². The maximum absolute atomic E-state index is 11.6. The molecule has 0 aromatic rings. The standard InChI is InChI=1S/C15H30N4O/c1-3-18(4-2)13-7-9-19(11-13)12-6-5-8-15(17,10-12)14(16)20/h12-13H,3-11,17H2,1-2H3,(H2,16,20). The molecule has 2 rings (SSSR count). The Morgan fingerprint density at radius 3 is 2.65 bits per heavy atom. The second kappa shape index (κ2) is 6.41. The summed E-state index contributed by atoms with van der Waals surface area (Å²) in [5.41, 5.74) is 10.9. The molecule has 0 spiro atoms. The average Bonchev–Trinajstić information content (AvgIpc) is 2.90. The fraction of sp³-hybridized carbons (Fsp3) is 0.933. The highest BCUT2D eigenvalue weighted by molar-refractivity contribution is 5.84. The lowest BCUT2D eigenvalue weighted by Gasteiger charge is -2.40. The predicted octanol–water partition coefficient (Wildman–Crippen LogP) is 0.528. The van der Waals surface area contributed by atoms with Crippen molar-refractivity contribution < 1.29 is 4.79 Å². The quantitative estimate of drug-likeness (QED) is 0.771. The average molecular weight is 282 g/mol. The van der Waals surface area contributed by atoms with Gasteiger partial charge in [0.05, 0.1) is 5.54 Å². The zero-order chi connectivity index (χ0) is 14.8. The third-order valence-electron chi connectivity index (χ3n) is 5.29. The van der Waals surface area contributed by atoms with Crippen molar-refractivity contribution in [2.75, 3.05) is 26.2 Å². The maximum Gasteiger partial charge on any atom is 0.237 e. The molecule has 1 aliphatic heterocycles. The Balaban J connectivity index is 1.94. The van der Waals surface area contributed by atoms with Crippen molar-refractivity contribution >= 4 is 5.91 Å². The Kier molecular flexibility index (Phi) is 5.04. The third-order valence-corrected chi connectivity index (χ3v) is 5.29. The molecular weight excluding hydrogens is 252 g/mol. The molecule has 5 nitrogen and oxygen atoms in total. The van der Waals surface area contributed by atoms with Crippen LogP contribution >= 0.6 is 0 Å². The highest BCUT2D eigenvalue weighted by Gasteiger charge is 2.41. The fourth-order valence-corrected chi connectivity index (χ4v) is 3.95. The second-order valence-corrected chi connectivity index (χ2v) is 6.43. The van der Waals surface area contributed by atoms with Gasteiger partial charge in [0.15, 0.2) is 0 Å². The van der Waals surface area contributed by atoms with E-state index < -0.39 is 5.54 Å². The van der Waals surface area contributed by atoms with E-state index in [0.29, 0.717) is 12.1 Å². The summed E-state index contributed by atoms with van der Waals surface area (Å²) >= 11 is 0. The number of rotatable bonds is 5. The normalized spacial score (nSPS) is 35.6. The molecule has 0 aromatic heterocycles. The number of nitrogens with zero attached hydrogens (tertiary/aromatic N) is 2. The highest BCUT2D eigenvalue weighted by atomic mass is 16.1. The van der Waals surface area contributed by atoms with Crippen LogP contribution in [0.1, 0.15) is 46.0 Å². The van der Waals surface area contributed by atoms with E-state index in [0.717, 1.165) is 51.9 Å². The van der Waals surface area contributed by atoms with Crippen molar-refractivity contribution in [1.29, 1.82) is 0 Å². The second-order valence-electron chi connectivity index (χ2n) is 6.43. The van der Waals surface area contributed by atoms with Gasteiger partial charge in [-0.3, -0.25) is 14.6 Å². The summed E-state index contributed by atoms with van der Waals surface area (Å²) < 4.78 is 0. The molecule has 2 fully saturated rings. The van der Waals surface area contributed by atoms with Crippen LogP contribution in [0.4, 0.5) is 0 Å². The smallest absolute Gasteiger partial charge is 0.237 e. The molecule has 0 bridgehead atoms. The zero-order valence-corrected chi connectivity index (χ0v) is 13.0. The molecule has 3 unspecified atom stereocenters. The lowest BCUT2D eigenvalue weighted by atomic mass is 9.78. The van der Waals surface area contributed by atoms with Crippen LogP contribution in [0.15, 0.2) is 0 Å². The number of hydrogen-bond donors (Lipinski definition) is 2. The van der Waals surface area contributed by atoms with E-state index >= 15 is 0 Å². The summed E-state index contributed by atoms with van der Waals surface area (Å²) in [6.45, 7) is 8.92. The van der Waals surface area contributed by atoms with Crippen molar-refractivity contribution in [3.05, 3.63) is 0 Å². The number of amides is 1. The van der Waals surface area contributed by atoms with E-state index in [2.05, 4.69) is 23.6 Å². The van der Waals surface area contributed by atoms with Gasteiger partial charge in [0, 0.05) is 25.2 Å². The molecule has 4 N–H and O–H groups in total. The summed E-state index contributed by atoms with van der Waals surface area (Å²) in [6.07, 6.45) is 4.86. The van der Waals surface area contributed by atoms with Gasteiger partial charge >= 0.3 is 0 Å². The van der Waals surface area contributed by atoms with Gasteiger partial charge in [-0.1, -0.05) is 13.8 Å². The Hall–Kier alpha value is -0.650. The Morgan fingerprint density at radius 2 is 2.05 bits per heavy atom. The van der Waals surface area contributed by atoms with E-state index in [-0.39, 0.29) is 5.91 Å². The Labute approximate surface area is 122 Å². The number of primary amides is 1. The predicted molar refractivity (Wildman–Crippen MR) is 81.3 cm³/mol. The van der Waals surface area contributed by atoms with Gasteiger partial charge in [-0.2, -0.15) is 0 Å². The van der Waals surface area contributed by atoms with Crippen LogP contribution in [-0.4, -0.2) is 59.5 Å². The van der Waals surface area contributed by atoms with Gasteiger partial charge in [0.1, 0.15) is 0 Å². The molecule has 1 amide bonds. The van der Waals surface area contributed by atoms with Crippen LogP contribution in [0.5, 0.6) is 0 Å². The molecule has 1 heterocycles. The molecule has 1 aliphatic carbocycles. The van der Waals surface area contributed by atoms with Gasteiger partial charge in [-0.15, -0.1) is 0 Å². The van der Waals surface area contributed by atoms with Crippen LogP contribution in [0, 0.1) is 0 Å². The summed E-state index contributed by atoms with van der Waals surface area (Å²) in [4.78, 5) is 16.6. The molecule has 5 heteroatoms. The number of carbonyl (C=O) groups is 1. The van der Waals surface area contributed by atoms with E-state index in [1.54, 1.807) is 0 Å². The fourth-order valence-electron chi connectivity index (χ4n) is 3.95. The Morgan fingerprint density at radius 1 is 1.35 bits per heavy atom. The van der Waals surface area contributed by atoms with Gasteiger partial charge < -0.3 is 11.5 Å². The van der Waals surface area contributed by atoms with Crippen LogP contribution in [-0.2, 0) is 4.79 Å². The zero-order valence-electron chi connectivity index (χ0n) is 13.0. The number of likely N-dealkylation sites (tertiary alicyclic amines) is 1. The Bertz CT molecular complexity index is 345. The van der Waals surface area contributed by atoms with Crippen molar-refractivity contribution in [2.45, 2.75) is 63.6 Å². The first-order valence-corrected chi connectivity index (χ1v) is 8.07. The van der Waals surface area contributed by atoms with Crippen LogP contribution in [0.2, 0.25) is 0 Å². The molecule has 20 heavy (non-hydrogen) atoms. The molecule has 1 saturated heterocycles. The molecule has 0 aromatic carbocycles. The topological polar surface area (TPSA) is 75.6 Å². The molecule has 116 valence electrons. The van der Waals surface area contributed by atoms with Crippen molar-refractivity contribution in [2.24, 2.45) is 11.5 Å². The monoisotopic (exact) mass is 282 g/mol. The van der Waals surface area contributed by atoms with E-state index in [1.165, 1.54) is 6.42 Å². The lowest BCUT2D eigenvalue weighted by molar-refractivity contribution is -0.125. The van der Waals surface area contributed by atoms with E-state index in [9.17, 15) is 4.79 Å². The summed E-state index contributed by atoms with van der Waals surface area (Å²) in [7, 11) is 0. The summed E-state index contributed by atoms with van der Waals surface area (Å²) in [5.74, 6) is -0.332. The summed E-state index contributed by atoms with van der Waals surface area (Å²) in [5, 5.41) is 0.